The van der Waals surface area contributed by atoms with Crippen molar-refractivity contribution < 1.29 is 19.0 Å². The van der Waals surface area contributed by atoms with Crippen LogP contribution in [0.3, 0.4) is 0 Å². The molecular weight excluding hydrogens is 286 g/mol. The summed E-state index contributed by atoms with van der Waals surface area (Å²) in [6.07, 6.45) is 0.0239. The molecule has 0 unspecified atom stereocenters. The summed E-state index contributed by atoms with van der Waals surface area (Å²) in [5.74, 6) is 0.193. The minimum atomic E-state index is -0.578. The Morgan fingerprint density at radius 2 is 2.00 bits per heavy atom. The van der Waals surface area contributed by atoms with Gasteiger partial charge in [-0.25, -0.2) is 0 Å². The van der Waals surface area contributed by atoms with Crippen molar-refractivity contribution in [3.8, 4) is 17.2 Å². The van der Waals surface area contributed by atoms with E-state index < -0.39 is 11.5 Å². The summed E-state index contributed by atoms with van der Waals surface area (Å²) in [6, 6.07) is 5.26. The van der Waals surface area contributed by atoms with Gasteiger partial charge in [0.05, 0.1) is 18.2 Å². The van der Waals surface area contributed by atoms with Gasteiger partial charge in [0.2, 0.25) is 5.75 Å². The molecule has 1 N–H and O–H groups in total. The zero-order valence-corrected chi connectivity index (χ0v) is 13.1. The van der Waals surface area contributed by atoms with Gasteiger partial charge in [-0.1, -0.05) is 0 Å². The van der Waals surface area contributed by atoms with Crippen LogP contribution >= 0.6 is 0 Å². The van der Waals surface area contributed by atoms with Gasteiger partial charge in [0.1, 0.15) is 5.75 Å². The number of pyridine rings is 1. The number of aromatic amines is 1. The first-order valence-electron chi connectivity index (χ1n) is 7.10. The molecule has 0 saturated heterocycles. The highest BCUT2D eigenvalue weighted by Crippen LogP contribution is 2.33. The number of fused-ring (bicyclic) bond motifs is 1. The van der Waals surface area contributed by atoms with E-state index >= 15 is 0 Å². The van der Waals surface area contributed by atoms with Crippen LogP contribution in [0.25, 0.3) is 10.9 Å². The number of hydrogen-bond donors (Lipinski definition) is 1. The quantitative estimate of drug-likeness (QED) is 0.859. The van der Waals surface area contributed by atoms with Crippen molar-refractivity contribution in [1.29, 1.82) is 0 Å². The molecule has 0 aliphatic heterocycles. The summed E-state index contributed by atoms with van der Waals surface area (Å²) in [5.41, 5.74) is 0.0374. The lowest BCUT2D eigenvalue weighted by atomic mass is 10.2. The third-order valence-corrected chi connectivity index (χ3v) is 2.80. The monoisotopic (exact) mass is 305 g/mol. The fraction of sp³-hybridized carbons (Fsp3) is 0.375. The number of carbonyl (C=O) groups is 1. The van der Waals surface area contributed by atoms with Gasteiger partial charge >= 0.3 is 5.97 Å². The van der Waals surface area contributed by atoms with Gasteiger partial charge in [-0.3, -0.25) is 9.59 Å². The van der Waals surface area contributed by atoms with Crippen molar-refractivity contribution in [3.05, 3.63) is 28.6 Å². The molecule has 1 heterocycles. The minimum Gasteiger partial charge on any atom is -0.491 e. The van der Waals surface area contributed by atoms with E-state index in [0.717, 1.165) is 0 Å². The van der Waals surface area contributed by atoms with Crippen molar-refractivity contribution >= 4 is 16.9 Å². The predicted molar refractivity (Wildman–Crippen MR) is 82.8 cm³/mol. The van der Waals surface area contributed by atoms with Gasteiger partial charge in [0.25, 0.3) is 5.56 Å². The lowest BCUT2D eigenvalue weighted by molar-refractivity contribution is -0.132. The summed E-state index contributed by atoms with van der Waals surface area (Å²) in [6.45, 7) is 7.21. The molecule has 118 valence electrons. The number of esters is 1. The average Bonchev–Trinajstić information content (AvgIpc) is 2.41. The number of H-pyrrole nitrogens is 1. The van der Waals surface area contributed by atoms with Crippen LogP contribution in [-0.4, -0.2) is 23.7 Å². The number of aromatic nitrogens is 1. The van der Waals surface area contributed by atoms with E-state index in [9.17, 15) is 9.59 Å². The molecule has 0 spiro atoms. The van der Waals surface area contributed by atoms with Gasteiger partial charge in [0.15, 0.2) is 5.75 Å². The Hall–Kier alpha value is -2.50. The topological polar surface area (TPSA) is 77.6 Å². The van der Waals surface area contributed by atoms with Gasteiger partial charge in [-0.05, 0) is 32.9 Å². The SMILES string of the molecule is CCOc1c(OC(C)=O)c(=O)[nH]c2cc(OC(C)C)ccc12. The Bertz CT molecular complexity index is 748. The minimum absolute atomic E-state index is 0.0239. The zero-order valence-electron chi connectivity index (χ0n) is 13.1. The summed E-state index contributed by atoms with van der Waals surface area (Å²) in [5, 5.41) is 0.647. The molecule has 0 radical (unpaired) electrons. The number of ether oxygens (including phenoxy) is 3. The maximum Gasteiger partial charge on any atom is 0.308 e. The Kier molecular flexibility index (Phi) is 4.70. The van der Waals surface area contributed by atoms with Gasteiger partial charge in [-0.15, -0.1) is 0 Å². The summed E-state index contributed by atoms with van der Waals surface area (Å²) in [4.78, 5) is 26.0. The van der Waals surface area contributed by atoms with E-state index in [-0.39, 0.29) is 17.6 Å². The number of rotatable bonds is 5. The molecule has 0 bridgehead atoms. The smallest absolute Gasteiger partial charge is 0.308 e. The number of carbonyl (C=O) groups excluding carboxylic acids is 1. The van der Waals surface area contributed by atoms with Crippen molar-refractivity contribution in [2.24, 2.45) is 0 Å². The highest BCUT2D eigenvalue weighted by molar-refractivity contribution is 5.89. The molecule has 0 saturated carbocycles. The number of nitrogens with one attached hydrogen (secondary N) is 1. The third-order valence-electron chi connectivity index (χ3n) is 2.80. The molecular formula is C16H19NO5. The molecule has 6 heteroatoms. The van der Waals surface area contributed by atoms with Crippen LogP contribution in [0.4, 0.5) is 0 Å². The lowest BCUT2D eigenvalue weighted by Gasteiger charge is -2.14. The Morgan fingerprint density at radius 1 is 1.27 bits per heavy atom. The van der Waals surface area contributed by atoms with Crippen LogP contribution < -0.4 is 19.8 Å². The Labute approximate surface area is 128 Å². The fourth-order valence-electron chi connectivity index (χ4n) is 2.10. The van der Waals surface area contributed by atoms with E-state index in [1.165, 1.54) is 6.92 Å². The molecule has 1 aromatic heterocycles. The molecule has 0 atom stereocenters. The van der Waals surface area contributed by atoms with E-state index in [4.69, 9.17) is 14.2 Å². The zero-order chi connectivity index (χ0) is 16.3. The van der Waals surface area contributed by atoms with Crippen molar-refractivity contribution in [2.75, 3.05) is 6.61 Å². The molecule has 6 nitrogen and oxygen atoms in total. The van der Waals surface area contributed by atoms with Crippen LogP contribution in [0.5, 0.6) is 17.2 Å². The second-order valence-electron chi connectivity index (χ2n) is 5.01. The third kappa shape index (κ3) is 3.39. The predicted octanol–water partition coefficient (Wildman–Crippen LogP) is 2.64. The normalized spacial score (nSPS) is 10.8. The lowest BCUT2D eigenvalue weighted by Crippen LogP contribution is -2.16. The summed E-state index contributed by atoms with van der Waals surface area (Å²) < 4.78 is 16.1. The van der Waals surface area contributed by atoms with E-state index in [0.29, 0.717) is 23.3 Å². The van der Waals surface area contributed by atoms with Crippen molar-refractivity contribution in [2.45, 2.75) is 33.8 Å². The van der Waals surface area contributed by atoms with E-state index in [1.807, 2.05) is 13.8 Å². The molecule has 1 aromatic carbocycles. The maximum atomic E-state index is 12.1. The van der Waals surface area contributed by atoms with Crippen molar-refractivity contribution in [1.82, 2.24) is 4.98 Å². The Balaban J connectivity index is 2.63. The fourth-order valence-corrected chi connectivity index (χ4v) is 2.10. The van der Waals surface area contributed by atoms with Gasteiger partial charge in [-0.2, -0.15) is 0 Å². The molecule has 0 aliphatic carbocycles. The number of hydrogen-bond acceptors (Lipinski definition) is 5. The first kappa shape index (κ1) is 15.9. The van der Waals surface area contributed by atoms with Crippen LogP contribution in [0, 0.1) is 0 Å². The highest BCUT2D eigenvalue weighted by Gasteiger charge is 2.17. The first-order chi connectivity index (χ1) is 10.4. The molecule has 2 rings (SSSR count). The largest absolute Gasteiger partial charge is 0.491 e. The van der Waals surface area contributed by atoms with Crippen LogP contribution in [0.2, 0.25) is 0 Å². The first-order valence-corrected chi connectivity index (χ1v) is 7.10. The van der Waals surface area contributed by atoms with Crippen molar-refractivity contribution in [3.63, 3.8) is 0 Å². The maximum absolute atomic E-state index is 12.1. The molecule has 0 aliphatic rings. The highest BCUT2D eigenvalue weighted by atomic mass is 16.6. The molecule has 2 aromatic rings. The molecule has 22 heavy (non-hydrogen) atoms. The second kappa shape index (κ2) is 6.51. The van der Waals surface area contributed by atoms with E-state index in [2.05, 4.69) is 4.98 Å². The summed E-state index contributed by atoms with van der Waals surface area (Å²) >= 11 is 0. The second-order valence-corrected chi connectivity index (χ2v) is 5.01. The summed E-state index contributed by atoms with van der Waals surface area (Å²) in [7, 11) is 0. The van der Waals surface area contributed by atoms with Gasteiger partial charge < -0.3 is 19.2 Å². The Morgan fingerprint density at radius 3 is 2.59 bits per heavy atom. The van der Waals surface area contributed by atoms with E-state index in [1.54, 1.807) is 25.1 Å². The average molecular weight is 305 g/mol. The van der Waals surface area contributed by atoms with Crippen LogP contribution in [0.15, 0.2) is 23.0 Å². The van der Waals surface area contributed by atoms with Crippen LogP contribution in [0.1, 0.15) is 27.7 Å². The molecule has 0 fully saturated rings. The standard InChI is InChI=1S/C16H19NO5/c1-5-20-14-12-7-6-11(21-9(2)3)8-13(12)17-16(19)15(14)22-10(4)18/h6-9H,5H2,1-4H3,(H,17,19). The number of benzene rings is 1. The van der Waals surface area contributed by atoms with Gasteiger partial charge in [0, 0.05) is 18.4 Å². The van der Waals surface area contributed by atoms with Crippen LogP contribution in [-0.2, 0) is 4.79 Å². The molecule has 0 amide bonds.